The van der Waals surface area contributed by atoms with Gasteiger partial charge in [-0.2, -0.15) is 13.2 Å². The van der Waals surface area contributed by atoms with Crippen LogP contribution in [0.4, 0.5) is 18.9 Å². The number of pyridine rings is 1. The number of carbonyl (C=O) groups excluding carboxylic acids is 1. The van der Waals surface area contributed by atoms with Crippen molar-refractivity contribution in [3.05, 3.63) is 48.3 Å². The Labute approximate surface area is 197 Å². The minimum absolute atomic E-state index is 0.0182. The average molecular weight is 471 g/mol. The molecular formula is C26H29F3N4O. The third-order valence-corrected chi connectivity index (χ3v) is 7.08. The Morgan fingerprint density at radius 2 is 2.00 bits per heavy atom. The molecule has 34 heavy (non-hydrogen) atoms. The number of rotatable bonds is 7. The molecule has 1 saturated heterocycles. The third-order valence-electron chi connectivity index (χ3n) is 7.08. The minimum atomic E-state index is -4.58. The molecule has 1 amide bonds. The number of fused-ring (bicyclic) bond motifs is 1. The van der Waals surface area contributed by atoms with Gasteiger partial charge in [-0.1, -0.05) is 24.8 Å². The first-order valence-electron chi connectivity index (χ1n) is 11.7. The Kier molecular flexibility index (Phi) is 5.67. The van der Waals surface area contributed by atoms with Gasteiger partial charge in [-0.25, -0.2) is 4.98 Å². The smallest absolute Gasteiger partial charge is 0.382 e. The van der Waals surface area contributed by atoms with Gasteiger partial charge in [-0.3, -0.25) is 4.79 Å². The van der Waals surface area contributed by atoms with Crippen molar-refractivity contribution in [2.24, 2.45) is 11.3 Å². The first kappa shape index (κ1) is 22.9. The highest BCUT2D eigenvalue weighted by Gasteiger charge is 2.51. The van der Waals surface area contributed by atoms with Crippen LogP contribution in [0.25, 0.3) is 22.4 Å². The molecule has 1 aromatic carbocycles. The first-order chi connectivity index (χ1) is 16.1. The predicted octanol–water partition coefficient (Wildman–Crippen LogP) is 4.86. The summed E-state index contributed by atoms with van der Waals surface area (Å²) >= 11 is 0. The van der Waals surface area contributed by atoms with Crippen LogP contribution in [0.15, 0.2) is 36.9 Å². The fourth-order valence-electron chi connectivity index (χ4n) is 5.37. The number of hydrogen-bond donors (Lipinski definition) is 2. The lowest BCUT2D eigenvalue weighted by Crippen LogP contribution is -2.63. The molecule has 0 unspecified atom stereocenters. The number of nitrogens with one attached hydrogen (secondary N) is 2. The topological polar surface area (TPSA) is 57.3 Å². The van der Waals surface area contributed by atoms with E-state index >= 15 is 0 Å². The van der Waals surface area contributed by atoms with Gasteiger partial charge in [0.2, 0.25) is 5.91 Å². The maximum atomic E-state index is 13.6. The minimum Gasteiger partial charge on any atom is -0.382 e. The van der Waals surface area contributed by atoms with Crippen LogP contribution in [-0.4, -0.2) is 54.7 Å². The van der Waals surface area contributed by atoms with Crippen LogP contribution < -0.4 is 10.6 Å². The zero-order chi connectivity index (χ0) is 24.1. The van der Waals surface area contributed by atoms with Crippen LogP contribution in [0, 0.1) is 11.3 Å². The third kappa shape index (κ3) is 4.56. The molecule has 1 aromatic heterocycles. The van der Waals surface area contributed by atoms with E-state index in [9.17, 15) is 18.0 Å². The van der Waals surface area contributed by atoms with Crippen LogP contribution in [0.1, 0.15) is 37.1 Å². The Balaban J connectivity index is 1.41. The second kappa shape index (κ2) is 8.41. The summed E-state index contributed by atoms with van der Waals surface area (Å²) in [6.45, 7) is 5.82. The molecule has 3 fully saturated rings. The van der Waals surface area contributed by atoms with Crippen LogP contribution in [0.5, 0.6) is 0 Å². The number of allylic oxidation sites excluding steroid dienone is 1. The Morgan fingerprint density at radius 1 is 1.26 bits per heavy atom. The SMILES string of the molecule is C=C(c1nc(/C=C/CNC(=O)C2CC2)cc2c(NC3CC4(C3)CN(C)C4)cccc12)C(F)(F)F. The highest BCUT2D eigenvalue weighted by molar-refractivity contribution is 6.00. The van der Waals surface area contributed by atoms with Crippen LogP contribution >= 0.6 is 0 Å². The molecule has 0 bridgehead atoms. The molecule has 0 radical (unpaired) electrons. The van der Waals surface area contributed by atoms with Crippen LogP contribution in [-0.2, 0) is 4.79 Å². The van der Waals surface area contributed by atoms with E-state index in [4.69, 9.17) is 0 Å². The average Bonchev–Trinajstić information content (AvgIpc) is 3.58. The number of nitrogens with zero attached hydrogens (tertiary/aromatic N) is 2. The fourth-order valence-corrected chi connectivity index (χ4v) is 5.37. The van der Waals surface area contributed by atoms with Gasteiger partial charge in [-0.05, 0) is 56.4 Å². The number of alkyl halides is 3. The zero-order valence-electron chi connectivity index (χ0n) is 19.2. The number of aromatic nitrogens is 1. The van der Waals surface area contributed by atoms with Gasteiger partial charge < -0.3 is 15.5 Å². The van der Waals surface area contributed by atoms with Crippen molar-refractivity contribution >= 4 is 34.0 Å². The standard InChI is InChI=1S/C26H29F3N4O/c1-16(26(27,28)29)23-20-6-3-7-22(31-19-12-25(13-19)14-33(2)15-25)21(20)11-18(32-23)5-4-10-30-24(34)17-8-9-17/h3-7,11,17,19,31H,1,8-10,12-15H2,2H3,(H,30,34)/b5-4+. The quantitative estimate of drug-likeness (QED) is 0.607. The van der Waals surface area contributed by atoms with Crippen molar-refractivity contribution in [3.63, 3.8) is 0 Å². The molecular weight excluding hydrogens is 441 g/mol. The largest absolute Gasteiger partial charge is 0.417 e. The summed E-state index contributed by atoms with van der Waals surface area (Å²) in [5, 5.41) is 7.48. The molecule has 2 aliphatic carbocycles. The van der Waals surface area contributed by atoms with Gasteiger partial charge in [0, 0.05) is 48.1 Å². The predicted molar refractivity (Wildman–Crippen MR) is 128 cm³/mol. The first-order valence-corrected chi connectivity index (χ1v) is 11.7. The van der Waals surface area contributed by atoms with E-state index in [1.54, 1.807) is 30.4 Å². The van der Waals surface area contributed by atoms with Gasteiger partial charge in [0.25, 0.3) is 0 Å². The molecule has 2 heterocycles. The van der Waals surface area contributed by atoms with Crippen molar-refractivity contribution in [2.75, 3.05) is 32.0 Å². The molecule has 1 spiro atoms. The number of hydrogen-bond acceptors (Lipinski definition) is 4. The van der Waals surface area contributed by atoms with Crippen molar-refractivity contribution in [1.29, 1.82) is 0 Å². The Hall–Kier alpha value is -2.87. The van der Waals surface area contributed by atoms with Gasteiger partial charge >= 0.3 is 6.18 Å². The molecule has 0 atom stereocenters. The lowest BCUT2D eigenvalue weighted by Gasteiger charge is -2.58. The van der Waals surface area contributed by atoms with E-state index in [1.807, 2.05) is 6.07 Å². The summed E-state index contributed by atoms with van der Waals surface area (Å²) in [7, 11) is 2.12. The van der Waals surface area contributed by atoms with Crippen molar-refractivity contribution in [2.45, 2.75) is 37.9 Å². The monoisotopic (exact) mass is 470 g/mol. The van der Waals surface area contributed by atoms with Crippen molar-refractivity contribution in [3.8, 4) is 0 Å². The van der Waals surface area contributed by atoms with E-state index in [2.05, 4.69) is 34.1 Å². The molecule has 2 N–H and O–H groups in total. The van der Waals surface area contributed by atoms with Gasteiger partial charge in [0.1, 0.15) is 0 Å². The van der Waals surface area contributed by atoms with Gasteiger partial charge in [-0.15, -0.1) is 0 Å². The van der Waals surface area contributed by atoms with Gasteiger partial charge in [0.05, 0.1) is 17.0 Å². The number of likely N-dealkylation sites (tertiary alicyclic amines) is 1. The van der Waals surface area contributed by atoms with E-state index in [0.29, 0.717) is 34.5 Å². The molecule has 5 rings (SSSR count). The summed E-state index contributed by atoms with van der Waals surface area (Å²) in [6, 6.07) is 7.43. The fraction of sp³-hybridized carbons (Fsp3) is 0.462. The Morgan fingerprint density at radius 3 is 2.65 bits per heavy atom. The van der Waals surface area contributed by atoms with Crippen molar-refractivity contribution in [1.82, 2.24) is 15.2 Å². The number of anilines is 1. The summed E-state index contributed by atoms with van der Waals surface area (Å²) in [6.07, 6.45) is 2.74. The van der Waals surface area contributed by atoms with E-state index in [-0.39, 0.29) is 17.5 Å². The number of halogens is 3. The molecule has 180 valence electrons. The summed E-state index contributed by atoms with van der Waals surface area (Å²) in [4.78, 5) is 18.4. The number of amides is 1. The normalized spacial score (nSPS) is 20.4. The van der Waals surface area contributed by atoms with Gasteiger partial charge in [0.15, 0.2) is 0 Å². The summed E-state index contributed by atoms with van der Waals surface area (Å²) in [5.74, 6) is 0.123. The van der Waals surface area contributed by atoms with E-state index in [1.165, 1.54) is 0 Å². The number of carbonyl (C=O) groups is 1. The van der Waals surface area contributed by atoms with Crippen LogP contribution in [0.3, 0.4) is 0 Å². The second-order valence-corrected chi connectivity index (χ2v) is 10.1. The molecule has 2 aromatic rings. The zero-order valence-corrected chi connectivity index (χ0v) is 19.2. The van der Waals surface area contributed by atoms with E-state index < -0.39 is 11.7 Å². The second-order valence-electron chi connectivity index (χ2n) is 10.1. The molecule has 8 heteroatoms. The Bertz CT molecular complexity index is 1150. The lowest BCUT2D eigenvalue weighted by atomic mass is 9.61. The highest BCUT2D eigenvalue weighted by atomic mass is 19.4. The van der Waals surface area contributed by atoms with Crippen molar-refractivity contribution < 1.29 is 18.0 Å². The number of benzene rings is 1. The highest BCUT2D eigenvalue weighted by Crippen LogP contribution is 2.49. The molecule has 3 aliphatic rings. The summed E-state index contributed by atoms with van der Waals surface area (Å²) < 4.78 is 40.8. The van der Waals surface area contributed by atoms with E-state index in [0.717, 1.165) is 44.5 Å². The van der Waals surface area contributed by atoms with Crippen LogP contribution in [0.2, 0.25) is 0 Å². The lowest BCUT2D eigenvalue weighted by molar-refractivity contribution is -0.122. The molecule has 2 saturated carbocycles. The maximum absolute atomic E-state index is 13.6. The maximum Gasteiger partial charge on any atom is 0.417 e. The molecule has 5 nitrogen and oxygen atoms in total. The molecule has 1 aliphatic heterocycles. The summed E-state index contributed by atoms with van der Waals surface area (Å²) in [5.41, 5.74) is 0.467.